The molecule has 2 heterocycles. The highest BCUT2D eigenvalue weighted by Gasteiger charge is 2.20. The zero-order chi connectivity index (χ0) is 17.1. The fraction of sp³-hybridized carbons (Fsp3) is 0.333. The maximum atomic E-state index is 6.46. The molecule has 0 amide bonds. The lowest BCUT2D eigenvalue weighted by Crippen LogP contribution is -2.27. The smallest absolute Gasteiger partial charge is 0.157 e. The highest BCUT2D eigenvalue weighted by atomic mass is 35.5. The number of amidine groups is 1. The Morgan fingerprint density at radius 2 is 2.08 bits per heavy atom. The SMILES string of the molecule is Cc1cc(C)nc(CC(NC2=NCCS2)c2cccc(Cl)c2Cl)c1. The molecule has 1 aliphatic rings. The van der Waals surface area contributed by atoms with Crippen molar-refractivity contribution < 1.29 is 0 Å². The molecule has 1 aromatic heterocycles. The van der Waals surface area contributed by atoms with Crippen molar-refractivity contribution in [2.75, 3.05) is 12.3 Å². The Morgan fingerprint density at radius 3 is 2.79 bits per heavy atom. The van der Waals surface area contributed by atoms with Gasteiger partial charge in [0.05, 0.1) is 22.6 Å². The molecule has 1 atom stereocenters. The molecule has 0 radical (unpaired) electrons. The van der Waals surface area contributed by atoms with Crippen molar-refractivity contribution in [2.24, 2.45) is 4.99 Å². The maximum absolute atomic E-state index is 6.46. The number of aromatic nitrogens is 1. The highest BCUT2D eigenvalue weighted by molar-refractivity contribution is 8.14. The van der Waals surface area contributed by atoms with E-state index in [2.05, 4.69) is 34.3 Å². The minimum atomic E-state index is -0.0192. The molecule has 6 heteroatoms. The summed E-state index contributed by atoms with van der Waals surface area (Å²) in [6.07, 6.45) is 0.724. The van der Waals surface area contributed by atoms with Gasteiger partial charge in [0.2, 0.25) is 0 Å². The first kappa shape index (κ1) is 17.6. The summed E-state index contributed by atoms with van der Waals surface area (Å²) in [5.41, 5.74) is 4.24. The summed E-state index contributed by atoms with van der Waals surface area (Å²) in [4.78, 5) is 9.17. The maximum Gasteiger partial charge on any atom is 0.157 e. The van der Waals surface area contributed by atoms with Crippen LogP contribution in [0, 0.1) is 13.8 Å². The normalized spacial score (nSPS) is 15.2. The van der Waals surface area contributed by atoms with E-state index < -0.39 is 0 Å². The van der Waals surface area contributed by atoms with Crippen LogP contribution >= 0.6 is 35.0 Å². The van der Waals surface area contributed by atoms with Gasteiger partial charge in [0.1, 0.15) is 0 Å². The predicted molar refractivity (Wildman–Crippen MR) is 105 cm³/mol. The second-order valence-electron chi connectivity index (χ2n) is 5.86. The van der Waals surface area contributed by atoms with Crippen LogP contribution in [0.1, 0.15) is 28.6 Å². The molecular weight excluding hydrogens is 361 g/mol. The summed E-state index contributed by atoms with van der Waals surface area (Å²) in [6.45, 7) is 4.96. The van der Waals surface area contributed by atoms with E-state index in [-0.39, 0.29) is 6.04 Å². The van der Waals surface area contributed by atoms with Crippen molar-refractivity contribution in [1.29, 1.82) is 0 Å². The van der Waals surface area contributed by atoms with Crippen molar-refractivity contribution in [1.82, 2.24) is 10.3 Å². The van der Waals surface area contributed by atoms with E-state index in [1.807, 2.05) is 19.1 Å². The summed E-state index contributed by atoms with van der Waals surface area (Å²) < 4.78 is 0. The molecule has 0 saturated carbocycles. The van der Waals surface area contributed by atoms with Crippen LogP contribution in [-0.4, -0.2) is 22.4 Å². The average Bonchev–Trinajstić information content (AvgIpc) is 3.01. The van der Waals surface area contributed by atoms with Crippen LogP contribution in [0.3, 0.4) is 0 Å². The molecular formula is C18H19Cl2N3S. The van der Waals surface area contributed by atoms with Crippen LogP contribution < -0.4 is 5.32 Å². The van der Waals surface area contributed by atoms with Crippen molar-refractivity contribution in [3.8, 4) is 0 Å². The van der Waals surface area contributed by atoms with Crippen molar-refractivity contribution in [3.63, 3.8) is 0 Å². The number of benzene rings is 1. The number of thioether (sulfide) groups is 1. The molecule has 24 heavy (non-hydrogen) atoms. The van der Waals surface area contributed by atoms with Gasteiger partial charge in [-0.25, -0.2) is 0 Å². The fourth-order valence-electron chi connectivity index (χ4n) is 2.84. The number of aliphatic imine (C=N–C) groups is 1. The first-order valence-electron chi connectivity index (χ1n) is 7.85. The van der Waals surface area contributed by atoms with Gasteiger partial charge in [-0.2, -0.15) is 0 Å². The van der Waals surface area contributed by atoms with Gasteiger partial charge in [-0.15, -0.1) is 0 Å². The molecule has 1 N–H and O–H groups in total. The van der Waals surface area contributed by atoms with Gasteiger partial charge in [0.15, 0.2) is 5.17 Å². The first-order valence-corrected chi connectivity index (χ1v) is 9.59. The number of pyridine rings is 1. The number of hydrogen-bond donors (Lipinski definition) is 1. The van der Waals surface area contributed by atoms with Crippen molar-refractivity contribution in [3.05, 3.63) is 62.9 Å². The summed E-state index contributed by atoms with van der Waals surface area (Å²) in [6, 6.07) is 9.92. The molecule has 0 saturated heterocycles. The van der Waals surface area contributed by atoms with Gasteiger partial charge in [-0.1, -0.05) is 47.1 Å². The second-order valence-corrected chi connectivity index (χ2v) is 7.73. The average molecular weight is 380 g/mol. The quantitative estimate of drug-likeness (QED) is 0.813. The van der Waals surface area contributed by atoms with Gasteiger partial charge in [-0.3, -0.25) is 9.98 Å². The number of hydrogen-bond acceptors (Lipinski definition) is 4. The summed E-state index contributed by atoms with van der Waals surface area (Å²) in [7, 11) is 0. The molecule has 1 aromatic carbocycles. The Hall–Kier alpha value is -1.23. The number of nitrogens with zero attached hydrogens (tertiary/aromatic N) is 2. The van der Waals surface area contributed by atoms with Gasteiger partial charge < -0.3 is 5.32 Å². The number of halogens is 2. The summed E-state index contributed by atoms with van der Waals surface area (Å²) in [5.74, 6) is 1.01. The van der Waals surface area contributed by atoms with Crippen LogP contribution in [0.15, 0.2) is 35.3 Å². The van der Waals surface area contributed by atoms with E-state index in [4.69, 9.17) is 23.2 Å². The standard InChI is InChI=1S/C18H19Cl2N3S/c1-11-8-12(2)22-13(9-11)10-16(23-18-21-6-7-24-18)14-4-3-5-15(19)17(14)20/h3-5,8-9,16H,6-7,10H2,1-2H3,(H,21,23). The molecule has 1 unspecified atom stereocenters. The van der Waals surface area contributed by atoms with Crippen LogP contribution in [0.5, 0.6) is 0 Å². The molecule has 2 aromatic rings. The molecule has 3 rings (SSSR count). The van der Waals surface area contributed by atoms with Gasteiger partial charge in [0, 0.05) is 23.6 Å². The van der Waals surface area contributed by atoms with Gasteiger partial charge >= 0.3 is 0 Å². The Balaban J connectivity index is 1.93. The van der Waals surface area contributed by atoms with Gasteiger partial charge in [0.25, 0.3) is 0 Å². The van der Waals surface area contributed by atoms with Crippen LogP contribution in [0.4, 0.5) is 0 Å². The van der Waals surface area contributed by atoms with E-state index >= 15 is 0 Å². The molecule has 126 valence electrons. The Morgan fingerprint density at radius 1 is 1.25 bits per heavy atom. The van der Waals surface area contributed by atoms with Crippen molar-refractivity contribution >= 4 is 40.1 Å². The van der Waals surface area contributed by atoms with E-state index in [1.54, 1.807) is 17.8 Å². The molecule has 0 fully saturated rings. The zero-order valence-corrected chi connectivity index (χ0v) is 16.0. The second kappa shape index (κ2) is 7.77. The van der Waals surface area contributed by atoms with Crippen LogP contribution in [-0.2, 0) is 6.42 Å². The Labute approximate surface area is 156 Å². The third-order valence-corrected chi connectivity index (χ3v) is 5.54. The van der Waals surface area contributed by atoms with E-state index in [9.17, 15) is 0 Å². The highest BCUT2D eigenvalue weighted by Crippen LogP contribution is 2.32. The minimum absolute atomic E-state index is 0.0192. The largest absolute Gasteiger partial charge is 0.358 e. The van der Waals surface area contributed by atoms with Gasteiger partial charge in [-0.05, 0) is 43.2 Å². The van der Waals surface area contributed by atoms with Crippen LogP contribution in [0.25, 0.3) is 0 Å². The Bertz CT molecular complexity index is 757. The summed E-state index contributed by atoms with van der Waals surface area (Å²) >= 11 is 14.4. The van der Waals surface area contributed by atoms with E-state index in [1.165, 1.54) is 5.56 Å². The van der Waals surface area contributed by atoms with Crippen LogP contribution in [0.2, 0.25) is 10.0 Å². The molecule has 1 aliphatic heterocycles. The fourth-order valence-corrected chi connectivity index (χ4v) is 4.06. The number of rotatable bonds is 4. The minimum Gasteiger partial charge on any atom is -0.358 e. The third-order valence-electron chi connectivity index (χ3n) is 3.80. The summed E-state index contributed by atoms with van der Waals surface area (Å²) in [5, 5.41) is 5.63. The number of aryl methyl sites for hydroxylation is 2. The molecule has 0 bridgehead atoms. The van der Waals surface area contributed by atoms with Crippen molar-refractivity contribution in [2.45, 2.75) is 26.3 Å². The molecule has 3 nitrogen and oxygen atoms in total. The lowest BCUT2D eigenvalue weighted by atomic mass is 10.0. The Kier molecular flexibility index (Phi) is 5.69. The molecule has 0 aliphatic carbocycles. The monoisotopic (exact) mass is 379 g/mol. The number of nitrogens with one attached hydrogen (secondary N) is 1. The zero-order valence-electron chi connectivity index (χ0n) is 13.6. The van der Waals surface area contributed by atoms with E-state index in [0.29, 0.717) is 10.0 Å². The lowest BCUT2D eigenvalue weighted by Gasteiger charge is -2.21. The topological polar surface area (TPSA) is 37.3 Å². The van der Waals surface area contributed by atoms with E-state index in [0.717, 1.165) is 40.8 Å². The first-order chi connectivity index (χ1) is 11.5. The molecule has 0 spiro atoms. The predicted octanol–water partition coefficient (Wildman–Crippen LogP) is 4.98. The third kappa shape index (κ3) is 4.24. The lowest BCUT2D eigenvalue weighted by molar-refractivity contribution is 0.636.